The number of aromatic nitrogens is 2. The smallest absolute Gasteiger partial charge is 0.143 e. The highest BCUT2D eigenvalue weighted by molar-refractivity contribution is 9.10. The number of nitrogens with zero attached hydrogens (tertiary/aromatic N) is 2. The Bertz CT molecular complexity index is 551. The predicted molar refractivity (Wildman–Crippen MR) is 84.3 cm³/mol. The molecule has 0 aromatic carbocycles. The summed E-state index contributed by atoms with van der Waals surface area (Å²) < 4.78 is 0.991. The van der Waals surface area contributed by atoms with Crippen LogP contribution in [0.3, 0.4) is 0 Å². The van der Waals surface area contributed by atoms with E-state index in [2.05, 4.69) is 52.0 Å². The van der Waals surface area contributed by atoms with Crippen LogP contribution in [0.2, 0.25) is 0 Å². The average Bonchev–Trinajstić information content (AvgIpc) is 2.71. The number of thiazole rings is 1. The Hall–Kier alpha value is -0.780. The Morgan fingerprint density at radius 1 is 1.42 bits per heavy atom. The minimum atomic E-state index is 0.664. The molecular formula is C14H18BrN3S. The first-order valence-corrected chi connectivity index (χ1v) is 7.96. The van der Waals surface area contributed by atoms with Gasteiger partial charge in [-0.05, 0) is 47.4 Å². The van der Waals surface area contributed by atoms with Crippen molar-refractivity contribution in [3.05, 3.63) is 33.4 Å². The van der Waals surface area contributed by atoms with Crippen LogP contribution in [-0.2, 0) is 6.54 Å². The molecule has 0 saturated carbocycles. The molecule has 0 aliphatic carbocycles. The lowest BCUT2D eigenvalue weighted by Gasteiger charge is -2.05. The first kappa shape index (κ1) is 14.6. The number of hydrogen-bond acceptors (Lipinski definition) is 4. The summed E-state index contributed by atoms with van der Waals surface area (Å²) in [6, 6.07) is 3.91. The standard InChI is InChI=1S/C14H18BrN3S/c1-9(2)7-16-8-12-10(3)18-14(19-12)13-11(15)5-4-6-17-13/h4-6,9,16H,7-8H2,1-3H3. The molecule has 2 aromatic rings. The second-order valence-electron chi connectivity index (χ2n) is 4.89. The minimum absolute atomic E-state index is 0.664. The van der Waals surface area contributed by atoms with E-state index in [1.165, 1.54) is 4.88 Å². The molecule has 1 N–H and O–H groups in total. The van der Waals surface area contributed by atoms with Gasteiger partial charge in [0.05, 0.1) is 5.69 Å². The van der Waals surface area contributed by atoms with Gasteiger partial charge in [-0.15, -0.1) is 11.3 Å². The van der Waals surface area contributed by atoms with Gasteiger partial charge in [0.15, 0.2) is 0 Å². The van der Waals surface area contributed by atoms with Gasteiger partial charge in [0, 0.05) is 22.1 Å². The van der Waals surface area contributed by atoms with Crippen molar-refractivity contribution < 1.29 is 0 Å². The van der Waals surface area contributed by atoms with E-state index in [4.69, 9.17) is 0 Å². The fourth-order valence-electron chi connectivity index (χ4n) is 1.71. The molecule has 2 aromatic heterocycles. The molecule has 0 radical (unpaired) electrons. The molecule has 0 unspecified atom stereocenters. The fourth-order valence-corrected chi connectivity index (χ4v) is 3.33. The highest BCUT2D eigenvalue weighted by Gasteiger charge is 2.12. The maximum absolute atomic E-state index is 4.63. The molecule has 0 spiro atoms. The van der Waals surface area contributed by atoms with Crippen LogP contribution < -0.4 is 5.32 Å². The van der Waals surface area contributed by atoms with Gasteiger partial charge < -0.3 is 5.32 Å². The first-order valence-electron chi connectivity index (χ1n) is 6.36. The molecule has 5 heteroatoms. The molecule has 19 heavy (non-hydrogen) atoms. The summed E-state index contributed by atoms with van der Waals surface area (Å²) in [5, 5.41) is 4.44. The highest BCUT2D eigenvalue weighted by atomic mass is 79.9. The molecule has 2 rings (SSSR count). The molecule has 0 saturated heterocycles. The molecule has 2 heterocycles. The summed E-state index contributed by atoms with van der Waals surface area (Å²) in [6.45, 7) is 8.39. The Balaban J connectivity index is 2.15. The molecule has 3 nitrogen and oxygen atoms in total. The molecule has 0 aliphatic heterocycles. The molecular weight excluding hydrogens is 322 g/mol. The third kappa shape index (κ3) is 3.84. The monoisotopic (exact) mass is 339 g/mol. The number of pyridine rings is 1. The number of nitrogens with one attached hydrogen (secondary N) is 1. The zero-order chi connectivity index (χ0) is 13.8. The minimum Gasteiger partial charge on any atom is -0.312 e. The van der Waals surface area contributed by atoms with E-state index in [0.29, 0.717) is 5.92 Å². The third-order valence-corrected chi connectivity index (χ3v) is 4.50. The van der Waals surface area contributed by atoms with Crippen molar-refractivity contribution >= 4 is 27.3 Å². The normalized spacial score (nSPS) is 11.2. The predicted octanol–water partition coefficient (Wildman–Crippen LogP) is 4.02. The Kier molecular flexibility index (Phi) is 5.07. The van der Waals surface area contributed by atoms with Gasteiger partial charge in [0.2, 0.25) is 0 Å². The molecule has 0 aliphatic rings. The second-order valence-corrected chi connectivity index (χ2v) is 6.82. The van der Waals surface area contributed by atoms with Crippen LogP contribution in [0.1, 0.15) is 24.4 Å². The first-order chi connectivity index (χ1) is 9.08. The average molecular weight is 340 g/mol. The van der Waals surface area contributed by atoms with Crippen molar-refractivity contribution in [1.82, 2.24) is 15.3 Å². The largest absolute Gasteiger partial charge is 0.312 e. The lowest BCUT2D eigenvalue weighted by Crippen LogP contribution is -2.18. The zero-order valence-corrected chi connectivity index (χ0v) is 13.8. The van der Waals surface area contributed by atoms with Gasteiger partial charge in [-0.25, -0.2) is 4.98 Å². The van der Waals surface area contributed by atoms with Crippen LogP contribution in [0, 0.1) is 12.8 Å². The van der Waals surface area contributed by atoms with Crippen molar-refractivity contribution in [2.75, 3.05) is 6.54 Å². The summed E-state index contributed by atoms with van der Waals surface area (Å²) in [5.74, 6) is 0.664. The third-order valence-electron chi connectivity index (χ3n) is 2.69. The lowest BCUT2D eigenvalue weighted by molar-refractivity contribution is 0.554. The molecule has 0 amide bonds. The lowest BCUT2D eigenvalue weighted by atomic mass is 10.2. The molecule has 0 bridgehead atoms. The molecule has 102 valence electrons. The van der Waals surface area contributed by atoms with Crippen molar-refractivity contribution in [1.29, 1.82) is 0 Å². The highest BCUT2D eigenvalue weighted by Crippen LogP contribution is 2.31. The quantitative estimate of drug-likeness (QED) is 0.893. The van der Waals surface area contributed by atoms with Crippen LogP contribution in [0.5, 0.6) is 0 Å². The number of aryl methyl sites for hydroxylation is 1. The Morgan fingerprint density at radius 3 is 2.89 bits per heavy atom. The van der Waals surface area contributed by atoms with Crippen LogP contribution in [0.15, 0.2) is 22.8 Å². The van der Waals surface area contributed by atoms with E-state index in [0.717, 1.165) is 34.0 Å². The van der Waals surface area contributed by atoms with Crippen LogP contribution in [0.25, 0.3) is 10.7 Å². The summed E-state index contributed by atoms with van der Waals surface area (Å²) in [4.78, 5) is 10.3. The summed E-state index contributed by atoms with van der Waals surface area (Å²) in [5.41, 5.74) is 2.01. The van der Waals surface area contributed by atoms with Gasteiger partial charge in [0.25, 0.3) is 0 Å². The van der Waals surface area contributed by atoms with Crippen LogP contribution >= 0.6 is 27.3 Å². The second kappa shape index (κ2) is 6.59. The van der Waals surface area contributed by atoms with Crippen molar-refractivity contribution in [3.63, 3.8) is 0 Å². The van der Waals surface area contributed by atoms with Crippen molar-refractivity contribution in [2.45, 2.75) is 27.3 Å². The van der Waals surface area contributed by atoms with Crippen molar-refractivity contribution in [2.24, 2.45) is 5.92 Å². The van der Waals surface area contributed by atoms with Gasteiger partial charge in [-0.1, -0.05) is 13.8 Å². The van der Waals surface area contributed by atoms with E-state index in [9.17, 15) is 0 Å². The maximum atomic E-state index is 4.63. The van der Waals surface area contributed by atoms with E-state index in [1.807, 2.05) is 12.1 Å². The van der Waals surface area contributed by atoms with E-state index >= 15 is 0 Å². The van der Waals surface area contributed by atoms with Crippen LogP contribution in [0.4, 0.5) is 0 Å². The molecule has 0 atom stereocenters. The van der Waals surface area contributed by atoms with E-state index in [1.54, 1.807) is 17.5 Å². The number of halogens is 1. The van der Waals surface area contributed by atoms with Gasteiger partial charge in [-0.3, -0.25) is 4.98 Å². The summed E-state index contributed by atoms with van der Waals surface area (Å²) in [6.07, 6.45) is 1.80. The zero-order valence-electron chi connectivity index (χ0n) is 11.4. The van der Waals surface area contributed by atoms with E-state index in [-0.39, 0.29) is 0 Å². The maximum Gasteiger partial charge on any atom is 0.143 e. The van der Waals surface area contributed by atoms with E-state index < -0.39 is 0 Å². The Morgan fingerprint density at radius 2 is 2.21 bits per heavy atom. The number of hydrogen-bond donors (Lipinski definition) is 1. The fraction of sp³-hybridized carbons (Fsp3) is 0.429. The van der Waals surface area contributed by atoms with Gasteiger partial charge in [-0.2, -0.15) is 0 Å². The SMILES string of the molecule is Cc1nc(-c2ncccc2Br)sc1CNCC(C)C. The van der Waals surface area contributed by atoms with Gasteiger partial charge in [0.1, 0.15) is 10.7 Å². The van der Waals surface area contributed by atoms with Gasteiger partial charge >= 0.3 is 0 Å². The summed E-state index contributed by atoms with van der Waals surface area (Å²) in [7, 11) is 0. The Labute approximate surface area is 126 Å². The molecule has 0 fully saturated rings. The number of rotatable bonds is 5. The van der Waals surface area contributed by atoms with Crippen molar-refractivity contribution in [3.8, 4) is 10.7 Å². The van der Waals surface area contributed by atoms with Crippen LogP contribution in [-0.4, -0.2) is 16.5 Å². The summed E-state index contributed by atoms with van der Waals surface area (Å²) >= 11 is 5.24. The topological polar surface area (TPSA) is 37.8 Å².